The molecule has 0 aliphatic carbocycles. The summed E-state index contributed by atoms with van der Waals surface area (Å²) in [6.45, 7) is 9.09. The van der Waals surface area contributed by atoms with E-state index in [2.05, 4.69) is 26.2 Å². The monoisotopic (exact) mass is 362 g/mol. The lowest BCUT2D eigenvalue weighted by molar-refractivity contribution is -0.153. The Bertz CT molecular complexity index is 632. The van der Waals surface area contributed by atoms with Crippen LogP contribution < -0.4 is 15.0 Å². The predicted octanol–water partition coefficient (Wildman–Crippen LogP) is 1.73. The van der Waals surface area contributed by atoms with Gasteiger partial charge in [-0.2, -0.15) is 0 Å². The molecule has 1 aromatic carbocycles. The van der Waals surface area contributed by atoms with Gasteiger partial charge in [0.05, 0.1) is 7.11 Å². The standard InChI is InChI=1S/C19H30N4O3/c1-19(2,3)26-17(24)14-21-18(20-4)23-11-9-22(10-12-23)15-7-6-8-16(13-15)25-5/h6-8,13H,9-12,14H2,1-5H3,(H,20,21). The molecule has 1 fully saturated rings. The molecule has 0 unspecified atom stereocenters. The van der Waals surface area contributed by atoms with Crippen molar-refractivity contribution in [2.75, 3.05) is 51.8 Å². The number of benzene rings is 1. The van der Waals surface area contributed by atoms with Gasteiger partial charge in [0.1, 0.15) is 17.9 Å². The van der Waals surface area contributed by atoms with Crippen LogP contribution in [0.25, 0.3) is 0 Å². The molecule has 0 saturated carbocycles. The number of nitrogens with zero attached hydrogens (tertiary/aromatic N) is 3. The zero-order chi connectivity index (χ0) is 19.2. The van der Waals surface area contributed by atoms with Gasteiger partial charge in [0.15, 0.2) is 5.96 Å². The second-order valence-electron chi connectivity index (χ2n) is 7.16. The number of hydrogen-bond acceptors (Lipinski definition) is 5. The van der Waals surface area contributed by atoms with Crippen molar-refractivity contribution in [3.8, 4) is 5.75 Å². The number of aliphatic imine (C=N–C) groups is 1. The SMILES string of the molecule is CN=C(NCC(=O)OC(C)(C)C)N1CCN(c2cccc(OC)c2)CC1. The van der Waals surface area contributed by atoms with Crippen LogP contribution in [-0.4, -0.2) is 69.3 Å². The summed E-state index contributed by atoms with van der Waals surface area (Å²) in [7, 11) is 3.41. The summed E-state index contributed by atoms with van der Waals surface area (Å²) < 4.78 is 10.6. The minimum atomic E-state index is -0.481. The van der Waals surface area contributed by atoms with Crippen molar-refractivity contribution in [2.24, 2.45) is 4.99 Å². The van der Waals surface area contributed by atoms with Crippen LogP contribution in [0.3, 0.4) is 0 Å². The molecule has 1 N–H and O–H groups in total. The molecule has 1 aromatic rings. The van der Waals surface area contributed by atoms with Crippen LogP contribution in [0.5, 0.6) is 5.75 Å². The van der Waals surface area contributed by atoms with Crippen molar-refractivity contribution in [2.45, 2.75) is 26.4 Å². The fraction of sp³-hybridized carbons (Fsp3) is 0.579. The molecule has 0 spiro atoms. The van der Waals surface area contributed by atoms with Gasteiger partial charge in [-0.1, -0.05) is 6.07 Å². The first-order chi connectivity index (χ1) is 12.3. The number of ether oxygens (including phenoxy) is 2. The Morgan fingerprint density at radius 1 is 1.23 bits per heavy atom. The highest BCUT2D eigenvalue weighted by molar-refractivity contribution is 5.84. The number of anilines is 1. The summed E-state index contributed by atoms with van der Waals surface area (Å²) in [6.07, 6.45) is 0. The third-order valence-corrected chi connectivity index (χ3v) is 4.02. The first-order valence-corrected chi connectivity index (χ1v) is 8.89. The summed E-state index contributed by atoms with van der Waals surface area (Å²) >= 11 is 0. The number of carbonyl (C=O) groups is 1. The molecule has 144 valence electrons. The fourth-order valence-electron chi connectivity index (χ4n) is 2.84. The maximum Gasteiger partial charge on any atom is 0.325 e. The molecule has 1 aliphatic heterocycles. The summed E-state index contributed by atoms with van der Waals surface area (Å²) in [5.41, 5.74) is 0.672. The van der Waals surface area contributed by atoms with Crippen molar-refractivity contribution in [1.82, 2.24) is 10.2 Å². The van der Waals surface area contributed by atoms with E-state index in [-0.39, 0.29) is 12.5 Å². The lowest BCUT2D eigenvalue weighted by atomic mass is 10.2. The highest BCUT2D eigenvalue weighted by Gasteiger charge is 2.21. The minimum Gasteiger partial charge on any atom is -0.497 e. The molecule has 7 heteroatoms. The summed E-state index contributed by atoms with van der Waals surface area (Å²) in [4.78, 5) is 20.6. The fourth-order valence-corrected chi connectivity index (χ4v) is 2.84. The van der Waals surface area contributed by atoms with Gasteiger partial charge in [-0.05, 0) is 32.9 Å². The number of hydrogen-bond donors (Lipinski definition) is 1. The van der Waals surface area contributed by atoms with E-state index in [0.717, 1.165) is 43.6 Å². The molecule has 7 nitrogen and oxygen atoms in total. The van der Waals surface area contributed by atoms with Gasteiger partial charge in [0.2, 0.25) is 0 Å². The van der Waals surface area contributed by atoms with Crippen molar-refractivity contribution in [3.63, 3.8) is 0 Å². The second-order valence-corrected chi connectivity index (χ2v) is 7.16. The molecule has 0 atom stereocenters. The van der Waals surface area contributed by atoms with E-state index in [1.807, 2.05) is 39.0 Å². The average Bonchev–Trinajstić information content (AvgIpc) is 2.61. The molecule has 2 rings (SSSR count). The maximum absolute atomic E-state index is 11.9. The molecule has 1 heterocycles. The molecule has 0 radical (unpaired) electrons. The number of piperazine rings is 1. The molecule has 1 saturated heterocycles. The van der Waals surface area contributed by atoms with Crippen molar-refractivity contribution < 1.29 is 14.3 Å². The zero-order valence-corrected chi connectivity index (χ0v) is 16.4. The second kappa shape index (κ2) is 8.78. The first-order valence-electron chi connectivity index (χ1n) is 8.89. The van der Waals surface area contributed by atoms with Gasteiger partial charge >= 0.3 is 5.97 Å². The first kappa shape index (κ1) is 19.9. The van der Waals surface area contributed by atoms with Crippen LogP contribution >= 0.6 is 0 Å². The molecule has 26 heavy (non-hydrogen) atoms. The molecular formula is C19H30N4O3. The topological polar surface area (TPSA) is 66.4 Å². The Hall–Kier alpha value is -2.44. The van der Waals surface area contributed by atoms with Crippen LogP contribution in [0, 0.1) is 0 Å². The van der Waals surface area contributed by atoms with Crippen molar-refractivity contribution >= 4 is 17.6 Å². The molecular weight excluding hydrogens is 332 g/mol. The van der Waals surface area contributed by atoms with E-state index < -0.39 is 5.60 Å². The maximum atomic E-state index is 11.9. The van der Waals surface area contributed by atoms with Crippen LogP contribution in [0.4, 0.5) is 5.69 Å². The number of nitrogens with one attached hydrogen (secondary N) is 1. The average molecular weight is 362 g/mol. The zero-order valence-electron chi connectivity index (χ0n) is 16.4. The summed E-state index contributed by atoms with van der Waals surface area (Å²) in [6, 6.07) is 8.09. The lowest BCUT2D eigenvalue weighted by Gasteiger charge is -2.37. The number of carbonyl (C=O) groups excluding carboxylic acids is 1. The Balaban J connectivity index is 1.86. The number of esters is 1. The largest absolute Gasteiger partial charge is 0.497 e. The van der Waals surface area contributed by atoms with Gasteiger partial charge in [0.25, 0.3) is 0 Å². The number of rotatable bonds is 4. The van der Waals surface area contributed by atoms with Crippen LogP contribution in [0.1, 0.15) is 20.8 Å². The van der Waals surface area contributed by atoms with Crippen LogP contribution in [0.2, 0.25) is 0 Å². The predicted molar refractivity (Wildman–Crippen MR) is 104 cm³/mol. The molecule has 0 amide bonds. The van der Waals surface area contributed by atoms with E-state index in [0.29, 0.717) is 0 Å². The smallest absolute Gasteiger partial charge is 0.325 e. The van der Waals surface area contributed by atoms with Gasteiger partial charge in [0, 0.05) is 45.0 Å². The van der Waals surface area contributed by atoms with Crippen LogP contribution in [-0.2, 0) is 9.53 Å². The van der Waals surface area contributed by atoms with E-state index in [1.54, 1.807) is 14.2 Å². The van der Waals surface area contributed by atoms with E-state index in [1.165, 1.54) is 0 Å². The molecule has 1 aliphatic rings. The van der Waals surface area contributed by atoms with Crippen molar-refractivity contribution in [1.29, 1.82) is 0 Å². The summed E-state index contributed by atoms with van der Waals surface area (Å²) in [5, 5.41) is 3.10. The Kier molecular flexibility index (Phi) is 6.71. The summed E-state index contributed by atoms with van der Waals surface area (Å²) in [5.74, 6) is 1.30. The van der Waals surface area contributed by atoms with Gasteiger partial charge in [-0.25, -0.2) is 0 Å². The normalized spacial score (nSPS) is 15.7. The third-order valence-electron chi connectivity index (χ3n) is 4.02. The quantitative estimate of drug-likeness (QED) is 0.500. The molecule has 0 bridgehead atoms. The minimum absolute atomic E-state index is 0.111. The van der Waals surface area contributed by atoms with Gasteiger partial charge < -0.3 is 24.6 Å². The van der Waals surface area contributed by atoms with Crippen LogP contribution in [0.15, 0.2) is 29.3 Å². The van der Waals surface area contributed by atoms with Crippen molar-refractivity contribution in [3.05, 3.63) is 24.3 Å². The third kappa shape index (κ3) is 5.82. The van der Waals surface area contributed by atoms with E-state index >= 15 is 0 Å². The Morgan fingerprint density at radius 3 is 2.50 bits per heavy atom. The highest BCUT2D eigenvalue weighted by atomic mass is 16.6. The Morgan fingerprint density at radius 2 is 1.92 bits per heavy atom. The molecule has 0 aromatic heterocycles. The van der Waals surface area contributed by atoms with E-state index in [4.69, 9.17) is 9.47 Å². The highest BCUT2D eigenvalue weighted by Crippen LogP contribution is 2.22. The Labute approximate surface area is 156 Å². The van der Waals surface area contributed by atoms with Gasteiger partial charge in [-0.3, -0.25) is 9.79 Å². The number of methoxy groups -OCH3 is 1. The van der Waals surface area contributed by atoms with E-state index in [9.17, 15) is 4.79 Å². The lowest BCUT2D eigenvalue weighted by Crippen LogP contribution is -2.53. The van der Waals surface area contributed by atoms with Gasteiger partial charge in [-0.15, -0.1) is 0 Å². The number of guanidine groups is 1.